The van der Waals surface area contributed by atoms with E-state index in [1.807, 2.05) is 0 Å². The number of likely N-dealkylation sites (tertiary alicyclic amines) is 1. The number of sulfonamides is 1. The monoisotopic (exact) mass is 474 g/mol. The second-order valence-corrected chi connectivity index (χ2v) is 10.3. The number of halogens is 1. The quantitative estimate of drug-likeness (QED) is 0.574. The normalized spacial score (nSPS) is 19.3. The van der Waals surface area contributed by atoms with Gasteiger partial charge in [-0.3, -0.25) is 9.59 Å². The van der Waals surface area contributed by atoms with E-state index in [4.69, 9.17) is 4.74 Å². The Morgan fingerprint density at radius 1 is 1.09 bits per heavy atom. The Bertz CT molecular complexity index is 1140. The molecule has 0 bridgehead atoms. The van der Waals surface area contributed by atoms with Crippen molar-refractivity contribution in [2.24, 2.45) is 5.92 Å². The first-order chi connectivity index (χ1) is 15.8. The molecule has 2 aliphatic rings. The fourth-order valence-corrected chi connectivity index (χ4v) is 6.23. The molecule has 0 aromatic heterocycles. The molecule has 4 rings (SSSR count). The van der Waals surface area contributed by atoms with Crippen LogP contribution in [0.5, 0.6) is 5.75 Å². The number of rotatable bonds is 7. The third-order valence-corrected chi connectivity index (χ3v) is 8.28. The Hall–Kier alpha value is -2.62. The summed E-state index contributed by atoms with van der Waals surface area (Å²) in [5.74, 6) is -0.391. The molecule has 33 heavy (non-hydrogen) atoms. The van der Waals surface area contributed by atoms with Crippen LogP contribution in [0.3, 0.4) is 0 Å². The van der Waals surface area contributed by atoms with Crippen molar-refractivity contribution in [3.8, 4) is 5.75 Å². The lowest BCUT2D eigenvalue weighted by atomic mass is 9.89. The van der Waals surface area contributed by atoms with Crippen LogP contribution in [0, 0.1) is 11.7 Å². The molecule has 0 spiro atoms. The lowest BCUT2D eigenvalue weighted by Gasteiger charge is -2.32. The van der Waals surface area contributed by atoms with Crippen LogP contribution in [-0.2, 0) is 10.0 Å². The summed E-state index contributed by atoms with van der Waals surface area (Å²) in [6.07, 6.45) is 2.01. The van der Waals surface area contributed by atoms with Crippen molar-refractivity contribution >= 4 is 21.6 Å². The van der Waals surface area contributed by atoms with Crippen molar-refractivity contribution in [2.75, 3.05) is 39.8 Å². The van der Waals surface area contributed by atoms with Crippen molar-refractivity contribution in [2.45, 2.75) is 24.2 Å². The van der Waals surface area contributed by atoms with E-state index in [2.05, 4.69) is 4.90 Å². The average molecular weight is 475 g/mol. The number of carbonyl (C=O) groups is 2. The minimum atomic E-state index is -3.76. The van der Waals surface area contributed by atoms with E-state index < -0.39 is 10.0 Å². The van der Waals surface area contributed by atoms with Crippen molar-refractivity contribution in [1.29, 1.82) is 0 Å². The van der Waals surface area contributed by atoms with Gasteiger partial charge in [-0.2, -0.15) is 4.31 Å². The number of nitrogens with zero attached hydrogens (tertiary/aromatic N) is 2. The molecule has 0 atom stereocenters. The van der Waals surface area contributed by atoms with E-state index in [-0.39, 0.29) is 52.6 Å². The first-order valence-corrected chi connectivity index (χ1v) is 12.5. The van der Waals surface area contributed by atoms with Crippen LogP contribution in [0.2, 0.25) is 0 Å². The Kier molecular flexibility index (Phi) is 6.92. The summed E-state index contributed by atoms with van der Waals surface area (Å²) < 4.78 is 45.5. The molecule has 0 saturated carbocycles. The predicted octanol–water partition coefficient (Wildman–Crippen LogP) is 3.01. The number of carbonyl (C=O) groups excluding carboxylic acids is 2. The molecule has 2 aromatic carbocycles. The van der Waals surface area contributed by atoms with Gasteiger partial charge in [0.25, 0.3) is 0 Å². The Morgan fingerprint density at radius 3 is 2.45 bits per heavy atom. The van der Waals surface area contributed by atoms with Gasteiger partial charge in [-0.05, 0) is 75.3 Å². The highest BCUT2D eigenvalue weighted by Gasteiger charge is 2.37. The summed E-state index contributed by atoms with van der Waals surface area (Å²) in [6.45, 7) is 2.22. The zero-order valence-electron chi connectivity index (χ0n) is 18.5. The molecule has 1 fully saturated rings. The first kappa shape index (κ1) is 23.5. The molecule has 0 N–H and O–H groups in total. The van der Waals surface area contributed by atoms with Crippen LogP contribution in [0.1, 0.15) is 40.0 Å². The van der Waals surface area contributed by atoms with Gasteiger partial charge < -0.3 is 9.64 Å². The molecular formula is C24H27FN2O5S. The van der Waals surface area contributed by atoms with Gasteiger partial charge in [0, 0.05) is 18.0 Å². The molecule has 9 heteroatoms. The Labute approximate surface area is 193 Å². The topological polar surface area (TPSA) is 84.0 Å². The van der Waals surface area contributed by atoms with Crippen molar-refractivity contribution in [3.63, 3.8) is 0 Å². The second kappa shape index (κ2) is 9.70. The molecule has 176 valence electrons. The molecular weight excluding hydrogens is 447 g/mol. The van der Waals surface area contributed by atoms with Crippen LogP contribution in [0.4, 0.5) is 4.39 Å². The van der Waals surface area contributed by atoms with Crippen LogP contribution in [0.25, 0.3) is 0 Å². The summed E-state index contributed by atoms with van der Waals surface area (Å²) in [5, 5.41) is 0. The van der Waals surface area contributed by atoms with Crippen molar-refractivity contribution in [1.82, 2.24) is 9.21 Å². The molecule has 2 heterocycles. The molecule has 0 aliphatic carbocycles. The van der Waals surface area contributed by atoms with E-state index >= 15 is 0 Å². The maximum absolute atomic E-state index is 13.1. The fourth-order valence-electron chi connectivity index (χ4n) is 4.57. The van der Waals surface area contributed by atoms with Crippen LogP contribution >= 0.6 is 0 Å². The summed E-state index contributed by atoms with van der Waals surface area (Å²) in [5.41, 5.74) is 0.663. The number of methoxy groups -OCH3 is 1. The van der Waals surface area contributed by atoms with Gasteiger partial charge in [0.15, 0.2) is 11.6 Å². The smallest absolute Gasteiger partial charge is 0.244 e. The third kappa shape index (κ3) is 4.85. The van der Waals surface area contributed by atoms with Crippen LogP contribution < -0.4 is 4.74 Å². The fraction of sp³-hybridized carbons (Fsp3) is 0.417. The van der Waals surface area contributed by atoms with E-state index in [9.17, 15) is 22.4 Å². The standard InChI is InChI=1S/C24H27FN2O5S/c1-32-21-4-2-5-22-23(21)20(28)16-27(33(22,30)31)13-3-12-26-14-10-18(11-15-26)24(29)17-6-8-19(25)9-7-17/h2,4-9,18H,3,10-16H2,1H3. The minimum Gasteiger partial charge on any atom is -0.496 e. The first-order valence-electron chi connectivity index (χ1n) is 11.0. The molecule has 2 aliphatic heterocycles. The predicted molar refractivity (Wildman–Crippen MR) is 121 cm³/mol. The average Bonchev–Trinajstić information content (AvgIpc) is 2.82. The van der Waals surface area contributed by atoms with Gasteiger partial charge in [-0.25, -0.2) is 12.8 Å². The van der Waals surface area contributed by atoms with Crippen molar-refractivity contribution in [3.05, 3.63) is 59.4 Å². The number of fused-ring (bicyclic) bond motifs is 1. The SMILES string of the molecule is COc1cccc2c1C(=O)CN(CCCN1CCC(C(=O)c3ccc(F)cc3)CC1)S2(=O)=O. The maximum atomic E-state index is 13.1. The number of hydrogen-bond donors (Lipinski definition) is 0. The molecule has 0 radical (unpaired) electrons. The second-order valence-electron chi connectivity index (χ2n) is 8.44. The molecule has 0 amide bonds. The Morgan fingerprint density at radius 2 is 1.79 bits per heavy atom. The lowest BCUT2D eigenvalue weighted by molar-refractivity contribution is 0.0838. The van der Waals surface area contributed by atoms with Crippen molar-refractivity contribution < 1.29 is 27.1 Å². The number of piperidine rings is 1. The highest BCUT2D eigenvalue weighted by atomic mass is 32.2. The van der Waals surface area contributed by atoms with E-state index in [0.29, 0.717) is 31.4 Å². The van der Waals surface area contributed by atoms with E-state index in [0.717, 1.165) is 13.1 Å². The maximum Gasteiger partial charge on any atom is 0.244 e. The Balaban J connectivity index is 1.30. The summed E-state index contributed by atoms with van der Waals surface area (Å²) >= 11 is 0. The summed E-state index contributed by atoms with van der Waals surface area (Å²) in [6, 6.07) is 10.3. The molecule has 0 unspecified atom stereocenters. The highest BCUT2D eigenvalue weighted by Crippen LogP contribution is 2.32. The zero-order valence-corrected chi connectivity index (χ0v) is 19.3. The van der Waals surface area contributed by atoms with Gasteiger partial charge in [-0.1, -0.05) is 6.07 Å². The molecule has 2 aromatic rings. The number of Topliss-reactive ketones (excluding diaryl/α,β-unsaturated/α-hetero) is 2. The van der Waals surface area contributed by atoms with E-state index in [1.54, 1.807) is 12.1 Å². The number of benzene rings is 2. The lowest BCUT2D eigenvalue weighted by Crippen LogP contribution is -2.43. The van der Waals surface area contributed by atoms with Gasteiger partial charge in [0.05, 0.1) is 24.1 Å². The number of hydrogen-bond acceptors (Lipinski definition) is 6. The van der Waals surface area contributed by atoms with E-state index in [1.165, 1.54) is 41.7 Å². The number of ketones is 2. The number of ether oxygens (including phenoxy) is 1. The molecule has 1 saturated heterocycles. The van der Waals surface area contributed by atoms with Gasteiger partial charge in [0.1, 0.15) is 11.6 Å². The van der Waals surface area contributed by atoms with Gasteiger partial charge >= 0.3 is 0 Å². The van der Waals surface area contributed by atoms with Crippen LogP contribution in [-0.4, -0.2) is 69.0 Å². The summed E-state index contributed by atoms with van der Waals surface area (Å²) in [7, 11) is -2.35. The van der Waals surface area contributed by atoms with Gasteiger partial charge in [0.2, 0.25) is 10.0 Å². The van der Waals surface area contributed by atoms with Crippen LogP contribution in [0.15, 0.2) is 47.4 Å². The minimum absolute atomic E-state index is 0.00165. The summed E-state index contributed by atoms with van der Waals surface area (Å²) in [4.78, 5) is 27.5. The largest absolute Gasteiger partial charge is 0.496 e. The highest BCUT2D eigenvalue weighted by molar-refractivity contribution is 7.89. The third-order valence-electron chi connectivity index (χ3n) is 6.39. The zero-order chi connectivity index (χ0) is 23.6. The van der Waals surface area contributed by atoms with Gasteiger partial charge in [-0.15, -0.1) is 0 Å². The molecule has 7 nitrogen and oxygen atoms in total.